The molecule has 1 aromatic rings. The van der Waals surface area contributed by atoms with Gasteiger partial charge in [0.1, 0.15) is 0 Å². The molecule has 1 atom stereocenters. The number of halogens is 2. The van der Waals surface area contributed by atoms with Crippen LogP contribution in [0.2, 0.25) is 0 Å². The molecule has 7 nitrogen and oxygen atoms in total. The Hall–Kier alpha value is -0.860. The van der Waals surface area contributed by atoms with Crippen LogP contribution in [0.25, 0.3) is 0 Å². The maximum Gasteiger partial charge on any atom is 0.240 e. The van der Waals surface area contributed by atoms with Gasteiger partial charge in [0.2, 0.25) is 5.91 Å². The van der Waals surface area contributed by atoms with Crippen LogP contribution in [-0.4, -0.2) is 66.5 Å². The lowest BCUT2D eigenvalue weighted by atomic mass is 9.77. The van der Waals surface area contributed by atoms with Gasteiger partial charge in [0.05, 0.1) is 18.8 Å². The summed E-state index contributed by atoms with van der Waals surface area (Å²) < 4.78 is 6.96. The SMILES string of the molecule is COCCN(Cc1cnn(C)c1)C(=O)C1CC2(CCNCC2)CN1.Cl.Cl. The Morgan fingerprint density at radius 3 is 2.77 bits per heavy atom. The van der Waals surface area contributed by atoms with Gasteiger partial charge in [0, 0.05) is 45.6 Å². The quantitative estimate of drug-likeness (QED) is 0.734. The minimum absolute atomic E-state index is 0. The Morgan fingerprint density at radius 2 is 2.15 bits per heavy atom. The Labute approximate surface area is 168 Å². The summed E-state index contributed by atoms with van der Waals surface area (Å²) in [5.41, 5.74) is 1.35. The van der Waals surface area contributed by atoms with Gasteiger partial charge in [-0.3, -0.25) is 9.48 Å². The van der Waals surface area contributed by atoms with Gasteiger partial charge in [0.15, 0.2) is 0 Å². The average Bonchev–Trinajstić information content (AvgIpc) is 3.18. The first-order valence-corrected chi connectivity index (χ1v) is 8.81. The summed E-state index contributed by atoms with van der Waals surface area (Å²) in [7, 11) is 3.56. The van der Waals surface area contributed by atoms with Crippen LogP contribution in [0.3, 0.4) is 0 Å². The lowest BCUT2D eigenvalue weighted by Gasteiger charge is -2.33. The number of nitrogens with zero attached hydrogens (tertiary/aromatic N) is 3. The molecule has 1 amide bonds. The van der Waals surface area contributed by atoms with Crippen LogP contribution in [0.15, 0.2) is 12.4 Å². The first-order valence-electron chi connectivity index (χ1n) is 8.81. The summed E-state index contributed by atoms with van der Waals surface area (Å²) >= 11 is 0. The lowest BCUT2D eigenvalue weighted by Crippen LogP contribution is -2.44. The minimum atomic E-state index is -0.0726. The third-order valence-corrected chi connectivity index (χ3v) is 5.33. The third-order valence-electron chi connectivity index (χ3n) is 5.33. The number of ether oxygens (including phenoxy) is 1. The van der Waals surface area contributed by atoms with Crippen molar-refractivity contribution in [1.82, 2.24) is 25.3 Å². The van der Waals surface area contributed by atoms with E-state index in [1.165, 1.54) is 0 Å². The van der Waals surface area contributed by atoms with E-state index in [2.05, 4.69) is 15.7 Å². The second-order valence-electron chi connectivity index (χ2n) is 7.16. The van der Waals surface area contributed by atoms with Crippen LogP contribution < -0.4 is 10.6 Å². The Balaban J connectivity index is 0.00000169. The maximum absolute atomic E-state index is 13.1. The molecule has 3 heterocycles. The fourth-order valence-electron chi connectivity index (χ4n) is 3.89. The summed E-state index contributed by atoms with van der Waals surface area (Å²) in [6.45, 7) is 4.82. The van der Waals surface area contributed by atoms with Crippen molar-refractivity contribution in [3.8, 4) is 0 Å². The van der Waals surface area contributed by atoms with E-state index in [0.29, 0.717) is 25.1 Å². The van der Waals surface area contributed by atoms with E-state index in [4.69, 9.17) is 4.74 Å². The smallest absolute Gasteiger partial charge is 0.240 e. The highest BCUT2D eigenvalue weighted by molar-refractivity contribution is 5.85. The lowest BCUT2D eigenvalue weighted by molar-refractivity contribution is -0.134. The standard InChI is InChI=1S/C17H29N5O2.2ClH/c1-21-11-14(10-20-21)12-22(7-8-24-2)16(23)15-9-17(13-19-15)3-5-18-6-4-17;;/h10-11,15,18-19H,3-9,12-13H2,1-2H3;2*1H. The van der Waals surface area contributed by atoms with Crippen molar-refractivity contribution in [3.05, 3.63) is 18.0 Å². The van der Waals surface area contributed by atoms with Crippen LogP contribution in [0.1, 0.15) is 24.8 Å². The highest BCUT2D eigenvalue weighted by Crippen LogP contribution is 2.37. The number of methoxy groups -OCH3 is 1. The topological polar surface area (TPSA) is 71.4 Å². The van der Waals surface area contributed by atoms with Gasteiger partial charge in [-0.05, 0) is 37.8 Å². The van der Waals surface area contributed by atoms with Crippen molar-refractivity contribution in [2.45, 2.75) is 31.8 Å². The minimum Gasteiger partial charge on any atom is -0.383 e. The number of carbonyl (C=O) groups is 1. The second kappa shape index (κ2) is 10.5. The molecule has 2 fully saturated rings. The van der Waals surface area contributed by atoms with Gasteiger partial charge < -0.3 is 20.3 Å². The zero-order valence-electron chi connectivity index (χ0n) is 15.6. The van der Waals surface area contributed by atoms with E-state index in [-0.39, 0.29) is 36.8 Å². The number of aryl methyl sites for hydroxylation is 1. The van der Waals surface area contributed by atoms with Gasteiger partial charge in [-0.1, -0.05) is 0 Å². The van der Waals surface area contributed by atoms with Crippen molar-refractivity contribution in [3.63, 3.8) is 0 Å². The van der Waals surface area contributed by atoms with Crippen molar-refractivity contribution in [2.24, 2.45) is 12.5 Å². The number of nitrogens with one attached hydrogen (secondary N) is 2. The second-order valence-corrected chi connectivity index (χ2v) is 7.16. The monoisotopic (exact) mass is 407 g/mol. The Kier molecular flexibility index (Phi) is 9.33. The van der Waals surface area contributed by atoms with Gasteiger partial charge in [-0.25, -0.2) is 0 Å². The van der Waals surface area contributed by atoms with Crippen molar-refractivity contribution >= 4 is 30.7 Å². The number of amides is 1. The summed E-state index contributed by atoms with van der Waals surface area (Å²) in [5, 5.41) is 11.1. The van der Waals surface area contributed by atoms with E-state index in [1.807, 2.05) is 24.3 Å². The highest BCUT2D eigenvalue weighted by atomic mass is 35.5. The first-order chi connectivity index (χ1) is 11.6. The number of piperidine rings is 1. The molecule has 0 aliphatic carbocycles. The summed E-state index contributed by atoms with van der Waals surface area (Å²) in [6, 6.07) is -0.0726. The molecule has 150 valence electrons. The van der Waals surface area contributed by atoms with Crippen LogP contribution in [-0.2, 0) is 23.1 Å². The van der Waals surface area contributed by atoms with Crippen LogP contribution in [0, 0.1) is 5.41 Å². The molecular formula is C17H31Cl2N5O2. The van der Waals surface area contributed by atoms with Gasteiger partial charge in [-0.2, -0.15) is 5.10 Å². The number of carbonyl (C=O) groups excluding carboxylic acids is 1. The molecule has 9 heteroatoms. The molecule has 0 saturated carbocycles. The van der Waals surface area contributed by atoms with E-state index < -0.39 is 0 Å². The summed E-state index contributed by atoms with van der Waals surface area (Å²) in [4.78, 5) is 15.0. The van der Waals surface area contributed by atoms with E-state index >= 15 is 0 Å². The molecule has 0 bridgehead atoms. The summed E-state index contributed by atoms with van der Waals surface area (Å²) in [6.07, 6.45) is 7.05. The zero-order chi connectivity index (χ0) is 17.0. The molecule has 2 saturated heterocycles. The maximum atomic E-state index is 13.1. The molecule has 2 aliphatic heterocycles. The molecule has 3 rings (SSSR count). The molecule has 1 aromatic heterocycles. The zero-order valence-corrected chi connectivity index (χ0v) is 17.2. The van der Waals surface area contributed by atoms with Crippen LogP contribution >= 0.6 is 24.8 Å². The fraction of sp³-hybridized carbons (Fsp3) is 0.765. The van der Waals surface area contributed by atoms with Crippen LogP contribution in [0.4, 0.5) is 0 Å². The predicted molar refractivity (Wildman–Crippen MR) is 106 cm³/mol. The molecule has 0 radical (unpaired) electrons. The van der Waals surface area contributed by atoms with Gasteiger partial charge >= 0.3 is 0 Å². The Bertz CT molecular complexity index is 563. The van der Waals surface area contributed by atoms with Crippen molar-refractivity contribution in [2.75, 3.05) is 39.9 Å². The van der Waals surface area contributed by atoms with Gasteiger partial charge in [0.25, 0.3) is 0 Å². The summed E-state index contributed by atoms with van der Waals surface area (Å²) in [5.74, 6) is 0.186. The largest absolute Gasteiger partial charge is 0.383 e. The number of hydrogen-bond acceptors (Lipinski definition) is 5. The number of rotatable bonds is 6. The molecule has 1 spiro atoms. The number of hydrogen-bond donors (Lipinski definition) is 2. The molecule has 0 aromatic carbocycles. The molecule has 26 heavy (non-hydrogen) atoms. The third kappa shape index (κ3) is 5.57. The van der Waals surface area contributed by atoms with Crippen molar-refractivity contribution in [1.29, 1.82) is 0 Å². The van der Waals surface area contributed by atoms with Crippen LogP contribution in [0.5, 0.6) is 0 Å². The van der Waals surface area contributed by atoms with E-state index in [9.17, 15) is 4.79 Å². The molecule has 2 N–H and O–H groups in total. The van der Waals surface area contributed by atoms with Crippen molar-refractivity contribution < 1.29 is 9.53 Å². The van der Waals surface area contributed by atoms with E-state index in [0.717, 1.165) is 44.5 Å². The number of aromatic nitrogens is 2. The molecule has 1 unspecified atom stereocenters. The van der Waals surface area contributed by atoms with E-state index in [1.54, 1.807) is 11.8 Å². The normalized spacial score (nSPS) is 21.1. The highest BCUT2D eigenvalue weighted by Gasteiger charge is 2.43. The van der Waals surface area contributed by atoms with Gasteiger partial charge in [-0.15, -0.1) is 24.8 Å². The first kappa shape index (κ1) is 23.2. The predicted octanol–water partition coefficient (Wildman–Crippen LogP) is 0.970. The fourth-order valence-corrected chi connectivity index (χ4v) is 3.89. The molecular weight excluding hydrogens is 377 g/mol. The average molecular weight is 408 g/mol. The Morgan fingerprint density at radius 1 is 1.42 bits per heavy atom. The molecule has 2 aliphatic rings.